The lowest BCUT2D eigenvalue weighted by atomic mass is 10.0. The summed E-state index contributed by atoms with van der Waals surface area (Å²) in [7, 11) is 0. The van der Waals surface area contributed by atoms with Gasteiger partial charge in [-0.3, -0.25) is 9.78 Å². The maximum atomic E-state index is 12.3. The van der Waals surface area contributed by atoms with Crippen LogP contribution in [0.2, 0.25) is 0 Å². The SMILES string of the molecule is Cc1csc(C(CC(C)C)NC(=O)c2ccncc2)n1. The van der Waals surface area contributed by atoms with Crippen LogP contribution in [0.4, 0.5) is 0 Å². The molecule has 2 heterocycles. The van der Waals surface area contributed by atoms with Crippen molar-refractivity contribution in [3.8, 4) is 0 Å². The number of rotatable bonds is 5. The van der Waals surface area contributed by atoms with Crippen LogP contribution in [-0.2, 0) is 0 Å². The van der Waals surface area contributed by atoms with Gasteiger partial charge in [-0.1, -0.05) is 13.8 Å². The summed E-state index contributed by atoms with van der Waals surface area (Å²) in [5.41, 5.74) is 1.62. The van der Waals surface area contributed by atoms with Crippen LogP contribution in [0.15, 0.2) is 29.9 Å². The van der Waals surface area contributed by atoms with E-state index in [2.05, 4.69) is 29.1 Å². The fourth-order valence-corrected chi connectivity index (χ4v) is 2.83. The first-order chi connectivity index (χ1) is 9.56. The molecule has 0 saturated carbocycles. The minimum Gasteiger partial charge on any atom is -0.343 e. The molecular weight excluding hydrogens is 270 g/mol. The van der Waals surface area contributed by atoms with Gasteiger partial charge in [0, 0.05) is 29.0 Å². The van der Waals surface area contributed by atoms with Gasteiger partial charge in [0.2, 0.25) is 0 Å². The Morgan fingerprint density at radius 1 is 1.35 bits per heavy atom. The summed E-state index contributed by atoms with van der Waals surface area (Å²) in [6.45, 7) is 6.26. The van der Waals surface area contributed by atoms with E-state index in [1.54, 1.807) is 35.9 Å². The van der Waals surface area contributed by atoms with Gasteiger partial charge in [0.25, 0.3) is 5.91 Å². The zero-order valence-corrected chi connectivity index (χ0v) is 12.8. The smallest absolute Gasteiger partial charge is 0.251 e. The molecule has 0 fully saturated rings. The first-order valence-electron chi connectivity index (χ1n) is 6.69. The number of carbonyl (C=O) groups is 1. The number of carbonyl (C=O) groups excluding carboxylic acids is 1. The minimum absolute atomic E-state index is 0.0330. The molecule has 0 bridgehead atoms. The summed E-state index contributed by atoms with van der Waals surface area (Å²) in [5.74, 6) is 0.410. The number of aryl methyl sites for hydroxylation is 1. The lowest BCUT2D eigenvalue weighted by Crippen LogP contribution is -2.29. The molecule has 2 aromatic rings. The Hall–Kier alpha value is -1.75. The molecule has 0 aliphatic rings. The summed E-state index contributed by atoms with van der Waals surface area (Å²) in [6.07, 6.45) is 4.13. The predicted molar refractivity (Wildman–Crippen MR) is 80.8 cm³/mol. The van der Waals surface area contributed by atoms with Gasteiger partial charge in [-0.25, -0.2) is 4.98 Å². The van der Waals surface area contributed by atoms with Crippen LogP contribution < -0.4 is 5.32 Å². The lowest BCUT2D eigenvalue weighted by Gasteiger charge is -2.18. The van der Waals surface area contributed by atoms with E-state index in [1.165, 1.54) is 0 Å². The van der Waals surface area contributed by atoms with Crippen LogP contribution in [0, 0.1) is 12.8 Å². The standard InChI is InChI=1S/C15H19N3OS/c1-10(2)8-13(15-17-11(3)9-20-15)18-14(19)12-4-6-16-7-5-12/h4-7,9-10,13H,8H2,1-3H3,(H,18,19). The number of pyridine rings is 1. The molecule has 4 nitrogen and oxygen atoms in total. The highest BCUT2D eigenvalue weighted by atomic mass is 32.1. The van der Waals surface area contributed by atoms with Crippen molar-refractivity contribution in [1.29, 1.82) is 0 Å². The second-order valence-corrected chi connectivity index (χ2v) is 6.11. The van der Waals surface area contributed by atoms with Crippen LogP contribution in [0.1, 0.15) is 47.4 Å². The van der Waals surface area contributed by atoms with E-state index in [0.717, 1.165) is 17.1 Å². The summed E-state index contributed by atoms with van der Waals surface area (Å²) < 4.78 is 0. The largest absolute Gasteiger partial charge is 0.343 e. The van der Waals surface area contributed by atoms with E-state index < -0.39 is 0 Å². The summed E-state index contributed by atoms with van der Waals surface area (Å²) >= 11 is 1.60. The Bertz CT molecular complexity index is 566. The zero-order valence-electron chi connectivity index (χ0n) is 12.0. The van der Waals surface area contributed by atoms with Crippen LogP contribution in [0.5, 0.6) is 0 Å². The molecule has 2 aromatic heterocycles. The number of thiazole rings is 1. The van der Waals surface area contributed by atoms with E-state index in [1.807, 2.05) is 12.3 Å². The molecule has 106 valence electrons. The van der Waals surface area contributed by atoms with Crippen molar-refractivity contribution in [1.82, 2.24) is 15.3 Å². The third-order valence-electron chi connectivity index (χ3n) is 2.89. The van der Waals surface area contributed by atoms with Gasteiger partial charge in [-0.05, 0) is 31.4 Å². The topological polar surface area (TPSA) is 54.9 Å². The predicted octanol–water partition coefficient (Wildman–Crippen LogP) is 3.36. The van der Waals surface area contributed by atoms with Crippen LogP contribution in [0.25, 0.3) is 0 Å². The van der Waals surface area contributed by atoms with Gasteiger partial charge in [0.15, 0.2) is 0 Å². The van der Waals surface area contributed by atoms with Gasteiger partial charge in [-0.15, -0.1) is 11.3 Å². The number of hydrogen-bond donors (Lipinski definition) is 1. The highest BCUT2D eigenvalue weighted by Crippen LogP contribution is 2.24. The van der Waals surface area contributed by atoms with Crippen molar-refractivity contribution in [2.24, 2.45) is 5.92 Å². The number of aromatic nitrogens is 2. The average molecular weight is 289 g/mol. The molecule has 5 heteroatoms. The number of nitrogens with one attached hydrogen (secondary N) is 1. The van der Waals surface area contributed by atoms with Crippen molar-refractivity contribution >= 4 is 17.2 Å². The van der Waals surface area contributed by atoms with Gasteiger partial charge in [-0.2, -0.15) is 0 Å². The Labute approximate surface area is 123 Å². The Morgan fingerprint density at radius 2 is 2.05 bits per heavy atom. The maximum absolute atomic E-state index is 12.3. The fourth-order valence-electron chi connectivity index (χ4n) is 1.97. The number of amides is 1. The molecule has 0 aliphatic carbocycles. The molecule has 2 rings (SSSR count). The monoisotopic (exact) mass is 289 g/mol. The van der Waals surface area contributed by atoms with Crippen molar-refractivity contribution in [3.63, 3.8) is 0 Å². The molecular formula is C15H19N3OS. The highest BCUT2D eigenvalue weighted by molar-refractivity contribution is 7.09. The van der Waals surface area contributed by atoms with Crippen LogP contribution in [0.3, 0.4) is 0 Å². The van der Waals surface area contributed by atoms with Crippen molar-refractivity contribution in [2.75, 3.05) is 0 Å². The molecule has 20 heavy (non-hydrogen) atoms. The third kappa shape index (κ3) is 3.87. The fraction of sp³-hybridized carbons (Fsp3) is 0.400. The van der Waals surface area contributed by atoms with E-state index >= 15 is 0 Å². The van der Waals surface area contributed by atoms with Crippen molar-refractivity contribution in [2.45, 2.75) is 33.2 Å². The first kappa shape index (κ1) is 14.7. The molecule has 1 atom stereocenters. The first-order valence-corrected chi connectivity index (χ1v) is 7.57. The van der Waals surface area contributed by atoms with Crippen LogP contribution >= 0.6 is 11.3 Å². The Kier molecular flexibility index (Phi) is 4.84. The van der Waals surface area contributed by atoms with E-state index in [-0.39, 0.29) is 11.9 Å². The van der Waals surface area contributed by atoms with E-state index in [9.17, 15) is 4.79 Å². The second kappa shape index (κ2) is 6.61. The van der Waals surface area contributed by atoms with Gasteiger partial charge in [0.1, 0.15) is 5.01 Å². The Balaban J connectivity index is 2.14. The summed E-state index contributed by atoms with van der Waals surface area (Å²) in [5, 5.41) is 6.06. The molecule has 0 spiro atoms. The maximum Gasteiger partial charge on any atom is 0.251 e. The molecule has 0 saturated heterocycles. The molecule has 1 amide bonds. The second-order valence-electron chi connectivity index (χ2n) is 5.22. The zero-order chi connectivity index (χ0) is 14.5. The quantitative estimate of drug-likeness (QED) is 0.918. The molecule has 1 unspecified atom stereocenters. The summed E-state index contributed by atoms with van der Waals surface area (Å²) in [4.78, 5) is 20.7. The molecule has 1 N–H and O–H groups in total. The summed E-state index contributed by atoms with van der Waals surface area (Å²) in [6, 6.07) is 3.40. The van der Waals surface area contributed by atoms with Gasteiger partial charge >= 0.3 is 0 Å². The molecule has 0 radical (unpaired) electrons. The number of nitrogens with zero attached hydrogens (tertiary/aromatic N) is 2. The normalized spacial score (nSPS) is 12.4. The lowest BCUT2D eigenvalue weighted by molar-refractivity contribution is 0.0931. The molecule has 0 aliphatic heterocycles. The van der Waals surface area contributed by atoms with Gasteiger partial charge in [0.05, 0.1) is 6.04 Å². The van der Waals surface area contributed by atoms with E-state index in [4.69, 9.17) is 0 Å². The minimum atomic E-state index is -0.0779. The van der Waals surface area contributed by atoms with Crippen LogP contribution in [-0.4, -0.2) is 15.9 Å². The molecule has 0 aromatic carbocycles. The van der Waals surface area contributed by atoms with E-state index in [0.29, 0.717) is 11.5 Å². The Morgan fingerprint density at radius 3 is 2.60 bits per heavy atom. The third-order valence-corrected chi connectivity index (χ3v) is 3.97. The average Bonchev–Trinajstić information content (AvgIpc) is 2.85. The van der Waals surface area contributed by atoms with Crippen molar-refractivity contribution in [3.05, 3.63) is 46.2 Å². The van der Waals surface area contributed by atoms with Crippen molar-refractivity contribution < 1.29 is 4.79 Å². The number of hydrogen-bond acceptors (Lipinski definition) is 4. The highest BCUT2D eigenvalue weighted by Gasteiger charge is 2.19. The van der Waals surface area contributed by atoms with Gasteiger partial charge < -0.3 is 5.32 Å².